The number of fused-ring (bicyclic) bond motifs is 4. The molecule has 3 aromatic heterocycles. The molecule has 3 atom stereocenters. The van der Waals surface area contributed by atoms with E-state index >= 15 is 8.78 Å². The average Bonchev–Trinajstić information content (AvgIpc) is 3.60. The zero-order valence-corrected chi connectivity index (χ0v) is 28.2. The van der Waals surface area contributed by atoms with Crippen LogP contribution in [0.15, 0.2) is 42.5 Å². The van der Waals surface area contributed by atoms with Crippen LogP contribution in [0.1, 0.15) is 46.6 Å². The molecule has 2 aliphatic rings. The molecule has 7 rings (SSSR count). The van der Waals surface area contributed by atoms with Gasteiger partial charge in [0.15, 0.2) is 11.5 Å². The summed E-state index contributed by atoms with van der Waals surface area (Å²) in [7, 11) is 3.27. The third kappa shape index (κ3) is 6.08. The van der Waals surface area contributed by atoms with Gasteiger partial charge in [-0.2, -0.15) is 32.1 Å². The molecule has 5 aromatic rings. The quantitative estimate of drug-likeness (QED) is 0.147. The van der Waals surface area contributed by atoms with Crippen molar-refractivity contribution >= 4 is 40.0 Å². The summed E-state index contributed by atoms with van der Waals surface area (Å²) in [5.41, 5.74) is 4.66. The molecule has 10 nitrogen and oxygen atoms in total. The fourth-order valence-corrected chi connectivity index (χ4v) is 7.46. The summed E-state index contributed by atoms with van der Waals surface area (Å²) in [6.45, 7) is -1.13. The number of aromatic nitrogens is 5. The standard InChI is InChI=1S/C34H30ClF7N8O2/c1-48(7-8-51)24-6-4-18(19-3-5-22(35)27-29(19)49(2)47-32(27)43)28(45-24)23(11-15-9-16(36)12-17(37)10-15)44-25(52)14-50-31-26(30(46-50)34(40,41)42)20-13-21(20)33(31,38)39/h3-6,9-10,12,20-21,23,51H,7-8,11,13-14H2,1-2H3,(H2,43,47)(H,44,52)/t20-,21+,23-/m0/s1. The molecule has 1 saturated carbocycles. The molecule has 0 spiro atoms. The first kappa shape index (κ1) is 35.5. The number of alkyl halides is 5. The minimum atomic E-state index is -5.04. The van der Waals surface area contributed by atoms with E-state index in [1.165, 1.54) is 4.68 Å². The molecule has 2 aliphatic carbocycles. The second-order valence-electron chi connectivity index (χ2n) is 13.0. The van der Waals surface area contributed by atoms with Crippen molar-refractivity contribution in [2.75, 3.05) is 30.8 Å². The van der Waals surface area contributed by atoms with Crippen LogP contribution in [0.2, 0.25) is 5.02 Å². The molecule has 0 unspecified atom stereocenters. The molecular formula is C34H30ClF7N8O2. The second-order valence-corrected chi connectivity index (χ2v) is 13.4. The molecule has 0 radical (unpaired) electrons. The number of pyridine rings is 1. The van der Waals surface area contributed by atoms with E-state index in [-0.39, 0.29) is 48.1 Å². The van der Waals surface area contributed by atoms with Crippen molar-refractivity contribution in [1.29, 1.82) is 0 Å². The van der Waals surface area contributed by atoms with Crippen LogP contribution in [-0.2, 0) is 36.9 Å². The molecule has 0 bridgehead atoms. The molecule has 0 saturated heterocycles. The first-order chi connectivity index (χ1) is 24.5. The second kappa shape index (κ2) is 12.6. The van der Waals surface area contributed by atoms with Gasteiger partial charge in [0.2, 0.25) is 5.91 Å². The minimum absolute atomic E-state index is 0.0710. The van der Waals surface area contributed by atoms with E-state index in [9.17, 15) is 31.9 Å². The van der Waals surface area contributed by atoms with Crippen molar-refractivity contribution in [3.8, 4) is 11.1 Å². The maximum Gasteiger partial charge on any atom is 0.435 e. The maximum absolute atomic E-state index is 15.3. The van der Waals surface area contributed by atoms with Gasteiger partial charge in [-0.05, 0) is 54.7 Å². The van der Waals surface area contributed by atoms with Gasteiger partial charge in [0, 0.05) is 49.3 Å². The van der Waals surface area contributed by atoms with Gasteiger partial charge in [-0.1, -0.05) is 17.7 Å². The summed E-state index contributed by atoms with van der Waals surface area (Å²) in [6.07, 6.45) is -5.46. The lowest BCUT2D eigenvalue weighted by Gasteiger charge is -2.25. The molecule has 0 aliphatic heterocycles. The van der Waals surface area contributed by atoms with Crippen LogP contribution in [0, 0.1) is 17.6 Å². The summed E-state index contributed by atoms with van der Waals surface area (Å²) >= 11 is 6.48. The van der Waals surface area contributed by atoms with Crippen molar-refractivity contribution in [3.05, 3.63) is 87.3 Å². The number of nitrogens with zero attached hydrogens (tertiary/aromatic N) is 6. The molecule has 4 N–H and O–H groups in total. The zero-order valence-electron chi connectivity index (χ0n) is 27.4. The van der Waals surface area contributed by atoms with Crippen LogP contribution >= 0.6 is 11.6 Å². The number of anilines is 2. The monoisotopic (exact) mass is 750 g/mol. The predicted octanol–water partition coefficient (Wildman–Crippen LogP) is 6.10. The zero-order chi connectivity index (χ0) is 37.4. The van der Waals surface area contributed by atoms with Gasteiger partial charge < -0.3 is 21.1 Å². The molecule has 2 aromatic carbocycles. The number of aryl methyl sites for hydroxylation is 1. The summed E-state index contributed by atoms with van der Waals surface area (Å²) in [5.74, 6) is -8.39. The normalized spacial score (nSPS) is 18.0. The van der Waals surface area contributed by atoms with Gasteiger partial charge in [-0.25, -0.2) is 13.8 Å². The number of aliphatic hydroxyl groups excluding tert-OH is 1. The van der Waals surface area contributed by atoms with E-state index in [0.717, 1.165) is 12.1 Å². The average molecular weight is 751 g/mol. The molecule has 18 heteroatoms. The smallest absolute Gasteiger partial charge is 0.395 e. The number of nitrogens with two attached hydrogens (primary N) is 1. The van der Waals surface area contributed by atoms with Gasteiger partial charge >= 0.3 is 6.18 Å². The van der Waals surface area contributed by atoms with Crippen molar-refractivity contribution in [2.45, 2.75) is 43.4 Å². The van der Waals surface area contributed by atoms with Crippen LogP contribution < -0.4 is 16.0 Å². The largest absolute Gasteiger partial charge is 0.435 e. The van der Waals surface area contributed by atoms with Crippen molar-refractivity contribution in [1.82, 2.24) is 29.9 Å². The van der Waals surface area contributed by atoms with Gasteiger partial charge in [0.25, 0.3) is 5.92 Å². The highest BCUT2D eigenvalue weighted by molar-refractivity contribution is 6.37. The first-order valence-corrected chi connectivity index (χ1v) is 16.4. The minimum Gasteiger partial charge on any atom is -0.395 e. The van der Waals surface area contributed by atoms with E-state index in [1.807, 2.05) is 0 Å². The van der Waals surface area contributed by atoms with Gasteiger partial charge in [0.05, 0.1) is 34.3 Å². The van der Waals surface area contributed by atoms with Gasteiger partial charge in [-0.15, -0.1) is 0 Å². The number of benzene rings is 2. The third-order valence-corrected chi connectivity index (χ3v) is 9.83. The highest BCUT2D eigenvalue weighted by Crippen LogP contribution is 2.68. The molecule has 52 heavy (non-hydrogen) atoms. The van der Waals surface area contributed by atoms with Crippen LogP contribution in [0.5, 0.6) is 0 Å². The summed E-state index contributed by atoms with van der Waals surface area (Å²) < 4.78 is 103. The predicted molar refractivity (Wildman–Crippen MR) is 177 cm³/mol. The molecular weight excluding hydrogens is 721 g/mol. The van der Waals surface area contributed by atoms with E-state index < -0.39 is 71.0 Å². The molecule has 1 amide bonds. The Morgan fingerprint density at radius 3 is 2.50 bits per heavy atom. The number of carbonyl (C=O) groups is 1. The SMILES string of the molecule is CN(CCO)c1ccc(-c2ccc(Cl)c3c(N)nn(C)c23)c([C@H](Cc2cc(F)cc(F)c2)NC(=O)Cn2nc(C(F)(F)F)c3c2C(F)(F)[C@@H]2C[C@H]32)n1. The number of nitrogen functional groups attached to an aromatic ring is 1. The van der Waals surface area contributed by atoms with Crippen LogP contribution in [-0.4, -0.2) is 55.8 Å². The summed E-state index contributed by atoms with van der Waals surface area (Å²) in [4.78, 5) is 20.2. The van der Waals surface area contributed by atoms with E-state index in [0.29, 0.717) is 38.6 Å². The first-order valence-electron chi connectivity index (χ1n) is 16.0. The molecule has 3 heterocycles. The van der Waals surface area contributed by atoms with Gasteiger partial charge in [0.1, 0.15) is 29.7 Å². The maximum atomic E-state index is 15.3. The van der Waals surface area contributed by atoms with E-state index in [2.05, 4.69) is 15.5 Å². The number of carbonyl (C=O) groups excluding carboxylic acids is 1. The Kier molecular flexibility index (Phi) is 8.64. The van der Waals surface area contributed by atoms with Crippen LogP contribution in [0.3, 0.4) is 0 Å². The number of aliphatic hydroxyl groups is 1. The summed E-state index contributed by atoms with van der Waals surface area (Å²) in [6, 6.07) is 7.99. The topological polar surface area (TPSA) is 127 Å². The van der Waals surface area contributed by atoms with Crippen LogP contribution in [0.25, 0.3) is 22.0 Å². The Morgan fingerprint density at radius 1 is 1.13 bits per heavy atom. The molecule has 1 fully saturated rings. The lowest BCUT2D eigenvalue weighted by Crippen LogP contribution is -2.35. The highest BCUT2D eigenvalue weighted by Gasteiger charge is 2.68. The number of likely N-dealkylation sites (N-methyl/N-ethyl adjacent to an activating group) is 1. The van der Waals surface area contributed by atoms with Crippen molar-refractivity contribution in [2.24, 2.45) is 13.0 Å². The number of halogens is 8. The Labute approximate surface area is 296 Å². The fraction of sp³-hybridized carbons (Fsp3) is 0.353. The lowest BCUT2D eigenvalue weighted by atomic mass is 9.94. The number of rotatable bonds is 10. The van der Waals surface area contributed by atoms with Crippen molar-refractivity contribution < 1.29 is 40.6 Å². The Balaban J connectivity index is 1.36. The highest BCUT2D eigenvalue weighted by atomic mass is 35.5. The third-order valence-electron chi connectivity index (χ3n) is 9.51. The fourth-order valence-electron chi connectivity index (χ4n) is 7.21. The Morgan fingerprint density at radius 2 is 1.83 bits per heavy atom. The van der Waals surface area contributed by atoms with Crippen LogP contribution in [0.4, 0.5) is 42.4 Å². The summed E-state index contributed by atoms with van der Waals surface area (Å²) in [5, 5.41) is 20.7. The lowest BCUT2D eigenvalue weighted by molar-refractivity contribution is -0.142. The number of hydrogen-bond donors (Lipinski definition) is 3. The molecule has 274 valence electrons. The van der Waals surface area contributed by atoms with E-state index in [1.54, 1.807) is 43.3 Å². The van der Waals surface area contributed by atoms with E-state index in [4.69, 9.17) is 22.3 Å². The van der Waals surface area contributed by atoms with Gasteiger partial charge in [-0.3, -0.25) is 14.2 Å². The number of amides is 1. The Bertz CT molecular complexity index is 2220. The van der Waals surface area contributed by atoms with Crippen molar-refractivity contribution in [3.63, 3.8) is 0 Å². The number of nitrogens with one attached hydrogen (secondary N) is 1. The number of hydrogen-bond acceptors (Lipinski definition) is 7. The Hall–Kier alpha value is -4.90.